The molecule has 2 N–H and O–H groups in total. The van der Waals surface area contributed by atoms with Gasteiger partial charge in [-0.25, -0.2) is 4.79 Å². The van der Waals surface area contributed by atoms with E-state index in [4.69, 9.17) is 11.6 Å². The van der Waals surface area contributed by atoms with Gasteiger partial charge in [-0.2, -0.15) is 0 Å². The summed E-state index contributed by atoms with van der Waals surface area (Å²) in [4.78, 5) is 14.2. The van der Waals surface area contributed by atoms with Crippen LogP contribution < -0.4 is 5.32 Å². The summed E-state index contributed by atoms with van der Waals surface area (Å²) in [6, 6.07) is 7.10. The summed E-state index contributed by atoms with van der Waals surface area (Å²) in [5.41, 5.74) is 0.0769. The SMILES string of the molecule is O=C(Nc1ccccc1Cl)N1CCC2(O)CCCCC2C1. The number of hydrogen-bond donors (Lipinski definition) is 2. The van der Waals surface area contributed by atoms with Crippen LogP contribution in [0.15, 0.2) is 24.3 Å². The van der Waals surface area contributed by atoms with Crippen molar-refractivity contribution in [2.45, 2.75) is 37.7 Å². The lowest BCUT2D eigenvalue weighted by Gasteiger charge is -2.47. The summed E-state index contributed by atoms with van der Waals surface area (Å²) >= 11 is 6.07. The summed E-state index contributed by atoms with van der Waals surface area (Å²) < 4.78 is 0. The van der Waals surface area contributed by atoms with Gasteiger partial charge in [0, 0.05) is 19.0 Å². The number of likely N-dealkylation sites (tertiary alicyclic amines) is 1. The fourth-order valence-electron chi connectivity index (χ4n) is 3.51. The molecular formula is C16H21ClN2O2. The normalized spacial score (nSPS) is 28.9. The minimum Gasteiger partial charge on any atom is -0.389 e. The van der Waals surface area contributed by atoms with Crippen molar-refractivity contribution in [1.82, 2.24) is 4.90 Å². The van der Waals surface area contributed by atoms with E-state index in [0.717, 1.165) is 25.7 Å². The molecule has 5 heteroatoms. The van der Waals surface area contributed by atoms with E-state index in [-0.39, 0.29) is 11.9 Å². The molecule has 2 amide bonds. The number of rotatable bonds is 1. The van der Waals surface area contributed by atoms with Crippen LogP contribution in [-0.4, -0.2) is 34.7 Å². The summed E-state index contributed by atoms with van der Waals surface area (Å²) in [7, 11) is 0. The van der Waals surface area contributed by atoms with Crippen LogP contribution in [0, 0.1) is 5.92 Å². The summed E-state index contributed by atoms with van der Waals surface area (Å²) in [6.07, 6.45) is 4.80. The fraction of sp³-hybridized carbons (Fsp3) is 0.562. The standard InChI is InChI=1S/C16H21ClN2O2/c17-13-6-1-2-7-14(13)18-15(20)19-10-9-16(21)8-4-3-5-12(16)11-19/h1-2,6-7,12,21H,3-5,8-11H2,(H,18,20). The molecule has 21 heavy (non-hydrogen) atoms. The second-order valence-electron chi connectivity index (χ2n) is 6.15. The van der Waals surface area contributed by atoms with E-state index in [1.165, 1.54) is 0 Å². The van der Waals surface area contributed by atoms with Gasteiger partial charge in [-0.3, -0.25) is 0 Å². The number of nitrogens with one attached hydrogen (secondary N) is 1. The highest BCUT2D eigenvalue weighted by atomic mass is 35.5. The molecule has 1 aliphatic carbocycles. The maximum Gasteiger partial charge on any atom is 0.321 e. The molecule has 0 radical (unpaired) electrons. The zero-order chi connectivity index (χ0) is 14.9. The third-order valence-electron chi connectivity index (χ3n) is 4.83. The average molecular weight is 309 g/mol. The monoisotopic (exact) mass is 308 g/mol. The molecule has 2 aliphatic rings. The van der Waals surface area contributed by atoms with Gasteiger partial charge in [0.15, 0.2) is 0 Å². The number of urea groups is 1. The van der Waals surface area contributed by atoms with Crippen molar-refractivity contribution in [2.24, 2.45) is 5.92 Å². The van der Waals surface area contributed by atoms with E-state index < -0.39 is 5.60 Å². The highest BCUT2D eigenvalue weighted by Crippen LogP contribution is 2.39. The van der Waals surface area contributed by atoms with Gasteiger partial charge in [-0.05, 0) is 31.4 Å². The Morgan fingerprint density at radius 3 is 2.95 bits per heavy atom. The number of hydrogen-bond acceptors (Lipinski definition) is 2. The van der Waals surface area contributed by atoms with Crippen LogP contribution in [0.1, 0.15) is 32.1 Å². The molecule has 3 rings (SSSR count). The second-order valence-corrected chi connectivity index (χ2v) is 6.56. The van der Waals surface area contributed by atoms with Crippen LogP contribution in [0.4, 0.5) is 10.5 Å². The number of amides is 2. The number of nitrogens with zero attached hydrogens (tertiary/aromatic N) is 1. The summed E-state index contributed by atoms with van der Waals surface area (Å²) in [6.45, 7) is 1.23. The molecule has 0 aromatic heterocycles. The van der Waals surface area contributed by atoms with Gasteiger partial charge in [0.05, 0.1) is 16.3 Å². The zero-order valence-electron chi connectivity index (χ0n) is 12.0. The van der Waals surface area contributed by atoms with Crippen LogP contribution in [0.25, 0.3) is 0 Å². The molecule has 0 spiro atoms. The Hall–Kier alpha value is -1.26. The van der Waals surface area contributed by atoms with Crippen molar-refractivity contribution in [3.05, 3.63) is 29.3 Å². The Bertz CT molecular complexity index is 537. The lowest BCUT2D eigenvalue weighted by atomic mass is 9.71. The van der Waals surface area contributed by atoms with E-state index in [2.05, 4.69) is 5.32 Å². The van der Waals surface area contributed by atoms with Gasteiger partial charge in [0.2, 0.25) is 0 Å². The number of para-hydroxylation sites is 1. The molecule has 1 heterocycles. The Balaban J connectivity index is 1.65. The fourth-order valence-corrected chi connectivity index (χ4v) is 3.70. The quantitative estimate of drug-likeness (QED) is 0.834. The predicted molar refractivity (Wildman–Crippen MR) is 83.6 cm³/mol. The molecular weight excluding hydrogens is 288 g/mol. The molecule has 1 aliphatic heterocycles. The van der Waals surface area contributed by atoms with Gasteiger partial charge in [-0.15, -0.1) is 0 Å². The molecule has 4 nitrogen and oxygen atoms in total. The van der Waals surface area contributed by atoms with Crippen LogP contribution >= 0.6 is 11.6 Å². The van der Waals surface area contributed by atoms with Crippen molar-refractivity contribution in [2.75, 3.05) is 18.4 Å². The summed E-state index contributed by atoms with van der Waals surface area (Å²) in [5.74, 6) is 0.206. The molecule has 2 fully saturated rings. The first kappa shape index (κ1) is 14.7. The lowest BCUT2D eigenvalue weighted by Crippen LogP contribution is -2.55. The first-order valence-corrected chi connectivity index (χ1v) is 7.99. The van der Waals surface area contributed by atoms with Gasteiger partial charge in [-0.1, -0.05) is 36.6 Å². The number of aliphatic hydroxyl groups is 1. The molecule has 1 saturated heterocycles. The lowest BCUT2D eigenvalue weighted by molar-refractivity contribution is -0.0863. The third kappa shape index (κ3) is 3.01. The molecule has 2 atom stereocenters. The largest absolute Gasteiger partial charge is 0.389 e. The van der Waals surface area contributed by atoms with E-state index in [9.17, 15) is 9.90 Å². The Morgan fingerprint density at radius 1 is 1.33 bits per heavy atom. The maximum atomic E-state index is 12.4. The number of benzene rings is 1. The second kappa shape index (κ2) is 5.85. The first-order chi connectivity index (χ1) is 10.1. The Morgan fingerprint density at radius 2 is 2.14 bits per heavy atom. The van der Waals surface area contributed by atoms with Crippen LogP contribution in [0.3, 0.4) is 0 Å². The van der Waals surface area contributed by atoms with E-state index in [1.54, 1.807) is 17.0 Å². The molecule has 1 saturated carbocycles. The molecule has 1 aromatic carbocycles. The van der Waals surface area contributed by atoms with Crippen molar-refractivity contribution >= 4 is 23.3 Å². The van der Waals surface area contributed by atoms with Crippen LogP contribution in [0.2, 0.25) is 5.02 Å². The molecule has 2 unspecified atom stereocenters. The van der Waals surface area contributed by atoms with Gasteiger partial charge in [0.25, 0.3) is 0 Å². The zero-order valence-corrected chi connectivity index (χ0v) is 12.8. The average Bonchev–Trinajstić information content (AvgIpc) is 2.48. The molecule has 114 valence electrons. The van der Waals surface area contributed by atoms with Crippen molar-refractivity contribution in [3.8, 4) is 0 Å². The third-order valence-corrected chi connectivity index (χ3v) is 5.16. The van der Waals surface area contributed by atoms with Crippen molar-refractivity contribution in [1.29, 1.82) is 0 Å². The number of anilines is 1. The number of halogens is 1. The van der Waals surface area contributed by atoms with Gasteiger partial charge < -0.3 is 15.3 Å². The van der Waals surface area contributed by atoms with Gasteiger partial charge >= 0.3 is 6.03 Å². The van der Waals surface area contributed by atoms with Crippen LogP contribution in [-0.2, 0) is 0 Å². The first-order valence-electron chi connectivity index (χ1n) is 7.61. The van der Waals surface area contributed by atoms with E-state index in [1.807, 2.05) is 12.1 Å². The minimum atomic E-state index is -0.556. The Labute approximate surface area is 130 Å². The molecule has 1 aromatic rings. The predicted octanol–water partition coefficient (Wildman–Crippen LogP) is 3.50. The van der Waals surface area contributed by atoms with E-state index in [0.29, 0.717) is 30.2 Å². The van der Waals surface area contributed by atoms with Crippen LogP contribution in [0.5, 0.6) is 0 Å². The number of piperidine rings is 1. The summed E-state index contributed by atoms with van der Waals surface area (Å²) in [5, 5.41) is 14.0. The van der Waals surface area contributed by atoms with Gasteiger partial charge in [0.1, 0.15) is 0 Å². The highest BCUT2D eigenvalue weighted by molar-refractivity contribution is 6.33. The van der Waals surface area contributed by atoms with Crippen molar-refractivity contribution < 1.29 is 9.90 Å². The van der Waals surface area contributed by atoms with Crippen molar-refractivity contribution in [3.63, 3.8) is 0 Å². The maximum absolute atomic E-state index is 12.4. The number of carbonyl (C=O) groups excluding carboxylic acids is 1. The smallest absolute Gasteiger partial charge is 0.321 e. The Kier molecular flexibility index (Phi) is 4.09. The highest BCUT2D eigenvalue weighted by Gasteiger charge is 2.43. The number of carbonyl (C=O) groups is 1. The number of fused-ring (bicyclic) bond motifs is 1. The topological polar surface area (TPSA) is 52.6 Å². The molecule has 0 bridgehead atoms. The van der Waals surface area contributed by atoms with E-state index >= 15 is 0 Å². The minimum absolute atomic E-state index is 0.129.